The number of hydrogen-bond donors (Lipinski definition) is 1. The Morgan fingerprint density at radius 1 is 1.36 bits per heavy atom. The van der Waals surface area contributed by atoms with Crippen molar-refractivity contribution >= 4 is 11.6 Å². The smallest absolute Gasteiger partial charge is 0.0787 e. The fourth-order valence-corrected chi connectivity index (χ4v) is 1.78. The minimum Gasteiger partial charge on any atom is -0.388 e. The van der Waals surface area contributed by atoms with Crippen molar-refractivity contribution in [2.45, 2.75) is 39.2 Å². The van der Waals surface area contributed by atoms with E-state index in [0.717, 1.165) is 22.6 Å². The van der Waals surface area contributed by atoms with E-state index in [2.05, 4.69) is 13.8 Å². The van der Waals surface area contributed by atoms with Crippen molar-refractivity contribution in [3.63, 3.8) is 0 Å². The molecule has 0 spiro atoms. The molecule has 1 N–H and O–H groups in total. The zero-order valence-electron chi connectivity index (χ0n) is 8.92. The van der Waals surface area contributed by atoms with Crippen molar-refractivity contribution < 1.29 is 5.11 Å². The van der Waals surface area contributed by atoms with Gasteiger partial charge >= 0.3 is 0 Å². The summed E-state index contributed by atoms with van der Waals surface area (Å²) in [5.74, 6) is 0.395. The molecule has 0 saturated carbocycles. The number of rotatable bonds is 3. The van der Waals surface area contributed by atoms with Gasteiger partial charge in [0.25, 0.3) is 0 Å². The van der Waals surface area contributed by atoms with Gasteiger partial charge in [0.2, 0.25) is 0 Å². The van der Waals surface area contributed by atoms with Gasteiger partial charge in [-0.25, -0.2) is 0 Å². The first-order valence-corrected chi connectivity index (χ1v) is 5.41. The molecule has 1 aromatic rings. The van der Waals surface area contributed by atoms with Gasteiger partial charge in [0.05, 0.1) is 6.10 Å². The summed E-state index contributed by atoms with van der Waals surface area (Å²) < 4.78 is 0. The fraction of sp³-hybridized carbons (Fsp3) is 0.500. The van der Waals surface area contributed by atoms with E-state index in [-0.39, 0.29) is 6.10 Å². The first-order valence-electron chi connectivity index (χ1n) is 5.03. The molecule has 1 atom stereocenters. The van der Waals surface area contributed by atoms with Crippen molar-refractivity contribution in [2.75, 3.05) is 0 Å². The highest BCUT2D eigenvalue weighted by molar-refractivity contribution is 6.31. The molecule has 0 fully saturated rings. The fourth-order valence-electron chi connectivity index (χ4n) is 1.45. The van der Waals surface area contributed by atoms with Gasteiger partial charge in [-0.1, -0.05) is 44.5 Å². The molecule has 0 amide bonds. The lowest BCUT2D eigenvalue weighted by Gasteiger charge is -2.13. The Hall–Kier alpha value is -0.530. The third-order valence-electron chi connectivity index (χ3n) is 2.41. The van der Waals surface area contributed by atoms with E-state index < -0.39 is 0 Å². The van der Waals surface area contributed by atoms with Gasteiger partial charge in [0.1, 0.15) is 0 Å². The maximum Gasteiger partial charge on any atom is 0.0787 e. The minimum absolute atomic E-state index is 0.371. The molecule has 0 aromatic heterocycles. The Kier molecular flexibility index (Phi) is 3.97. The number of hydrogen-bond acceptors (Lipinski definition) is 1. The van der Waals surface area contributed by atoms with Gasteiger partial charge in [0.15, 0.2) is 0 Å². The number of aliphatic hydroxyl groups excluding tert-OH is 1. The zero-order chi connectivity index (χ0) is 10.7. The Bertz CT molecular complexity index is 307. The van der Waals surface area contributed by atoms with E-state index in [1.54, 1.807) is 0 Å². The third-order valence-corrected chi connectivity index (χ3v) is 2.76. The number of benzene rings is 1. The summed E-state index contributed by atoms with van der Waals surface area (Å²) in [6, 6.07) is 5.76. The van der Waals surface area contributed by atoms with Gasteiger partial charge < -0.3 is 5.11 Å². The highest BCUT2D eigenvalue weighted by atomic mass is 35.5. The quantitative estimate of drug-likeness (QED) is 0.806. The molecule has 78 valence electrons. The maximum absolute atomic E-state index is 9.68. The molecule has 1 aromatic carbocycles. The third kappa shape index (κ3) is 2.49. The van der Waals surface area contributed by atoms with E-state index in [0.29, 0.717) is 5.92 Å². The minimum atomic E-state index is -0.371. The van der Waals surface area contributed by atoms with Crippen LogP contribution in [0, 0.1) is 0 Å². The van der Waals surface area contributed by atoms with Gasteiger partial charge in [-0.2, -0.15) is 0 Å². The van der Waals surface area contributed by atoms with E-state index in [1.165, 1.54) is 0 Å². The van der Waals surface area contributed by atoms with Gasteiger partial charge in [-0.3, -0.25) is 0 Å². The maximum atomic E-state index is 9.68. The van der Waals surface area contributed by atoms with Gasteiger partial charge in [-0.15, -0.1) is 0 Å². The van der Waals surface area contributed by atoms with E-state index >= 15 is 0 Å². The molecular formula is C12H17ClO. The lowest BCUT2D eigenvalue weighted by Crippen LogP contribution is -1.98. The normalized spacial score (nSPS) is 13.3. The van der Waals surface area contributed by atoms with Crippen molar-refractivity contribution in [1.82, 2.24) is 0 Å². The van der Waals surface area contributed by atoms with Crippen LogP contribution >= 0.6 is 11.6 Å². The van der Waals surface area contributed by atoms with E-state index in [1.807, 2.05) is 25.1 Å². The summed E-state index contributed by atoms with van der Waals surface area (Å²) in [6.45, 7) is 6.17. The molecule has 0 heterocycles. The van der Waals surface area contributed by atoms with Crippen molar-refractivity contribution in [3.05, 3.63) is 34.3 Å². The van der Waals surface area contributed by atoms with Crippen LogP contribution in [0.25, 0.3) is 0 Å². The summed E-state index contributed by atoms with van der Waals surface area (Å²) >= 11 is 6.06. The van der Waals surface area contributed by atoms with E-state index in [4.69, 9.17) is 11.6 Å². The number of halogens is 1. The summed E-state index contributed by atoms with van der Waals surface area (Å²) in [5, 5.41) is 10.5. The van der Waals surface area contributed by atoms with Crippen molar-refractivity contribution in [2.24, 2.45) is 0 Å². The first-order chi connectivity index (χ1) is 6.56. The molecule has 0 aliphatic rings. The molecule has 1 rings (SSSR count). The summed E-state index contributed by atoms with van der Waals surface area (Å²) in [4.78, 5) is 0. The van der Waals surface area contributed by atoms with Crippen LogP contribution in [0.4, 0.5) is 0 Å². The second kappa shape index (κ2) is 4.81. The van der Waals surface area contributed by atoms with Crippen LogP contribution in [0.15, 0.2) is 18.2 Å². The van der Waals surface area contributed by atoms with Crippen LogP contribution in [-0.2, 0) is 0 Å². The standard InChI is InChI=1S/C12H17ClO/c1-4-12(14)9-5-6-11(13)10(7-9)8(2)3/h5-8,12,14H,4H2,1-3H3. The van der Waals surface area contributed by atoms with Crippen LogP contribution in [0.3, 0.4) is 0 Å². The monoisotopic (exact) mass is 212 g/mol. The van der Waals surface area contributed by atoms with Crippen LogP contribution in [0.5, 0.6) is 0 Å². The molecule has 2 heteroatoms. The predicted molar refractivity (Wildman–Crippen MR) is 60.8 cm³/mol. The molecule has 14 heavy (non-hydrogen) atoms. The molecule has 0 aliphatic carbocycles. The van der Waals surface area contributed by atoms with Crippen LogP contribution in [0.2, 0.25) is 5.02 Å². The Balaban J connectivity index is 3.06. The molecule has 0 saturated heterocycles. The zero-order valence-corrected chi connectivity index (χ0v) is 9.67. The summed E-state index contributed by atoms with van der Waals surface area (Å²) in [6.07, 6.45) is 0.365. The highest BCUT2D eigenvalue weighted by Crippen LogP contribution is 2.28. The predicted octanol–water partition coefficient (Wildman–Crippen LogP) is 3.91. The largest absolute Gasteiger partial charge is 0.388 e. The summed E-state index contributed by atoms with van der Waals surface area (Å²) in [7, 11) is 0. The Labute approximate surface area is 90.7 Å². The lowest BCUT2D eigenvalue weighted by molar-refractivity contribution is 0.173. The summed E-state index contributed by atoms with van der Waals surface area (Å²) in [5.41, 5.74) is 2.07. The second-order valence-corrected chi connectivity index (χ2v) is 4.27. The van der Waals surface area contributed by atoms with Gasteiger partial charge in [-0.05, 0) is 29.5 Å². The molecule has 0 aliphatic heterocycles. The average molecular weight is 213 g/mol. The lowest BCUT2D eigenvalue weighted by atomic mass is 9.98. The molecular weight excluding hydrogens is 196 g/mol. The highest BCUT2D eigenvalue weighted by Gasteiger charge is 2.10. The molecule has 1 unspecified atom stereocenters. The molecule has 1 nitrogen and oxygen atoms in total. The average Bonchev–Trinajstić information content (AvgIpc) is 2.17. The Morgan fingerprint density at radius 3 is 2.50 bits per heavy atom. The van der Waals surface area contributed by atoms with Crippen LogP contribution in [0.1, 0.15) is 50.3 Å². The molecule has 0 bridgehead atoms. The van der Waals surface area contributed by atoms with Crippen molar-refractivity contribution in [3.8, 4) is 0 Å². The van der Waals surface area contributed by atoms with Gasteiger partial charge in [0, 0.05) is 5.02 Å². The van der Waals surface area contributed by atoms with Crippen molar-refractivity contribution in [1.29, 1.82) is 0 Å². The topological polar surface area (TPSA) is 20.2 Å². The second-order valence-electron chi connectivity index (χ2n) is 3.86. The number of aliphatic hydroxyl groups is 1. The van der Waals surface area contributed by atoms with E-state index in [9.17, 15) is 5.11 Å². The van der Waals surface area contributed by atoms with Crippen LogP contribution < -0.4 is 0 Å². The first kappa shape index (κ1) is 11.5. The van der Waals surface area contributed by atoms with Crippen LogP contribution in [-0.4, -0.2) is 5.11 Å². The Morgan fingerprint density at radius 2 is 2.00 bits per heavy atom. The molecule has 0 radical (unpaired) electrons. The SMILES string of the molecule is CCC(O)c1ccc(Cl)c(C(C)C)c1.